The van der Waals surface area contributed by atoms with Crippen LogP contribution in [0.1, 0.15) is 25.3 Å². The molecule has 0 spiro atoms. The molecule has 0 saturated heterocycles. The molecule has 0 radical (unpaired) electrons. The van der Waals surface area contributed by atoms with Crippen molar-refractivity contribution in [2.45, 2.75) is 32.9 Å². The molecule has 3 rings (SSSR count). The molecule has 0 bridgehead atoms. The fourth-order valence-corrected chi connectivity index (χ4v) is 4.85. The summed E-state index contributed by atoms with van der Waals surface area (Å²) < 4.78 is 13.5. The molecule has 0 fully saturated rings. The zero-order valence-corrected chi connectivity index (χ0v) is 20.0. The minimum atomic E-state index is 0.0493. The lowest BCUT2D eigenvalue weighted by Gasteiger charge is -2.24. The number of benzene rings is 2. The van der Waals surface area contributed by atoms with Gasteiger partial charge in [-0.1, -0.05) is 36.7 Å². The monoisotopic (exact) mass is 443 g/mol. The molecule has 6 nitrogen and oxygen atoms in total. The minimum absolute atomic E-state index is 0.0493. The van der Waals surface area contributed by atoms with E-state index in [4.69, 9.17) is 9.47 Å². The minimum Gasteiger partial charge on any atom is -0.493 e. The maximum atomic E-state index is 12.8. The Morgan fingerprint density at radius 1 is 1.03 bits per heavy atom. The van der Waals surface area contributed by atoms with Crippen LogP contribution in [0.2, 0.25) is 0 Å². The molecule has 168 valence electrons. The Balaban J connectivity index is 1.60. The predicted octanol–water partition coefficient (Wildman–Crippen LogP) is 4.45. The van der Waals surface area contributed by atoms with Gasteiger partial charge in [0.05, 0.1) is 24.3 Å². The van der Waals surface area contributed by atoms with Crippen molar-refractivity contribution < 1.29 is 9.47 Å². The quantitative estimate of drug-likeness (QED) is 0.410. The highest BCUT2D eigenvalue weighted by molar-refractivity contribution is 7.13. The van der Waals surface area contributed by atoms with Crippen molar-refractivity contribution in [1.29, 1.82) is 0 Å². The molecule has 0 aliphatic carbocycles. The summed E-state index contributed by atoms with van der Waals surface area (Å²) in [4.78, 5) is 17.4. The number of methoxy groups -OCH3 is 2. The summed E-state index contributed by atoms with van der Waals surface area (Å²) in [7, 11) is 7.37. The van der Waals surface area contributed by atoms with E-state index in [0.29, 0.717) is 16.9 Å². The highest BCUT2D eigenvalue weighted by Gasteiger charge is 2.14. The van der Waals surface area contributed by atoms with E-state index in [9.17, 15) is 4.79 Å². The average molecular weight is 444 g/mol. The summed E-state index contributed by atoms with van der Waals surface area (Å²) in [6, 6.07) is 12.2. The van der Waals surface area contributed by atoms with Crippen molar-refractivity contribution in [1.82, 2.24) is 8.86 Å². The number of nitrogens with zero attached hydrogens (tertiary/aromatic N) is 3. The van der Waals surface area contributed by atoms with Crippen LogP contribution in [0.4, 0.5) is 5.69 Å². The first-order chi connectivity index (χ1) is 15.0. The van der Waals surface area contributed by atoms with Gasteiger partial charge in [-0.2, -0.15) is 0 Å². The maximum absolute atomic E-state index is 12.8. The molecule has 0 atom stereocenters. The Kier molecular flexibility index (Phi) is 7.98. The van der Waals surface area contributed by atoms with Crippen molar-refractivity contribution in [2.24, 2.45) is 0 Å². The Labute approximate surface area is 188 Å². The van der Waals surface area contributed by atoms with Crippen LogP contribution in [0.25, 0.3) is 10.1 Å². The zero-order chi connectivity index (χ0) is 22.4. The van der Waals surface area contributed by atoms with Gasteiger partial charge >= 0.3 is 0 Å². The summed E-state index contributed by atoms with van der Waals surface area (Å²) in [6.45, 7) is 5.89. The highest BCUT2D eigenvalue weighted by atomic mass is 32.1. The van der Waals surface area contributed by atoms with E-state index in [1.165, 1.54) is 22.8 Å². The molecule has 0 saturated carbocycles. The van der Waals surface area contributed by atoms with Crippen molar-refractivity contribution >= 4 is 27.3 Å². The van der Waals surface area contributed by atoms with Gasteiger partial charge in [0.15, 0.2) is 11.5 Å². The van der Waals surface area contributed by atoms with Crippen LogP contribution >= 0.6 is 11.5 Å². The molecule has 1 heterocycles. The molecule has 31 heavy (non-hydrogen) atoms. The average Bonchev–Trinajstić information content (AvgIpc) is 3.09. The summed E-state index contributed by atoms with van der Waals surface area (Å²) in [5.74, 6) is 1.24. The summed E-state index contributed by atoms with van der Waals surface area (Å²) in [5, 5.41) is 0.693. The van der Waals surface area contributed by atoms with Gasteiger partial charge in [-0.05, 0) is 43.6 Å². The van der Waals surface area contributed by atoms with Gasteiger partial charge in [-0.15, -0.1) is 0 Å². The second-order valence-corrected chi connectivity index (χ2v) is 8.86. The van der Waals surface area contributed by atoms with Crippen LogP contribution in [0.3, 0.4) is 0 Å². The third-order valence-corrected chi connectivity index (χ3v) is 6.65. The molecule has 0 aliphatic rings. The molecule has 0 aliphatic heterocycles. The number of rotatable bonds is 11. The van der Waals surface area contributed by atoms with Crippen molar-refractivity contribution in [2.75, 3.05) is 46.3 Å². The normalized spacial score (nSPS) is 11.3. The predicted molar refractivity (Wildman–Crippen MR) is 130 cm³/mol. The van der Waals surface area contributed by atoms with E-state index < -0.39 is 0 Å². The third kappa shape index (κ3) is 5.40. The second-order valence-electron chi connectivity index (χ2n) is 7.80. The summed E-state index contributed by atoms with van der Waals surface area (Å²) >= 11 is 1.49. The van der Waals surface area contributed by atoms with E-state index >= 15 is 0 Å². The molecule has 0 unspecified atom stereocenters. The van der Waals surface area contributed by atoms with Crippen LogP contribution in [-0.4, -0.2) is 50.3 Å². The van der Waals surface area contributed by atoms with Crippen LogP contribution in [0.15, 0.2) is 41.2 Å². The number of hydrogen-bond acceptors (Lipinski definition) is 6. The Morgan fingerprint density at radius 3 is 2.42 bits per heavy atom. The van der Waals surface area contributed by atoms with E-state index in [2.05, 4.69) is 55.1 Å². The molecule has 0 N–H and O–H groups in total. The van der Waals surface area contributed by atoms with Gasteiger partial charge in [0.2, 0.25) is 0 Å². The lowest BCUT2D eigenvalue weighted by Crippen LogP contribution is -2.25. The first-order valence-corrected chi connectivity index (χ1v) is 11.5. The first-order valence-electron chi connectivity index (χ1n) is 10.7. The summed E-state index contributed by atoms with van der Waals surface area (Å²) in [5.41, 5.74) is 2.66. The van der Waals surface area contributed by atoms with Crippen molar-refractivity contribution in [3.8, 4) is 11.5 Å². The van der Waals surface area contributed by atoms with Crippen LogP contribution < -0.4 is 19.9 Å². The largest absolute Gasteiger partial charge is 0.493 e. The van der Waals surface area contributed by atoms with Gasteiger partial charge < -0.3 is 14.4 Å². The number of fused-ring (bicyclic) bond motifs is 1. The van der Waals surface area contributed by atoms with Crippen LogP contribution in [0.5, 0.6) is 11.5 Å². The number of unbranched alkanes of at least 4 members (excludes halogenated alkanes) is 1. The van der Waals surface area contributed by atoms with Crippen molar-refractivity contribution in [3.05, 3.63) is 52.3 Å². The third-order valence-electron chi connectivity index (χ3n) is 5.55. The molecule has 0 amide bonds. The first kappa shape index (κ1) is 23.2. The Bertz CT molecular complexity index is 1060. The number of aryl methyl sites for hydroxylation is 1. The summed E-state index contributed by atoms with van der Waals surface area (Å²) in [6.07, 6.45) is 2.01. The second kappa shape index (κ2) is 10.7. The maximum Gasteiger partial charge on any atom is 0.268 e. The Hall–Kier alpha value is -2.51. The molecule has 1 aromatic heterocycles. The fraction of sp³-hybridized carbons (Fsp3) is 0.458. The van der Waals surface area contributed by atoms with E-state index in [0.717, 1.165) is 43.7 Å². The van der Waals surface area contributed by atoms with Crippen LogP contribution in [0, 0.1) is 0 Å². The van der Waals surface area contributed by atoms with E-state index in [1.54, 1.807) is 20.3 Å². The highest BCUT2D eigenvalue weighted by Crippen LogP contribution is 2.32. The number of aromatic nitrogens is 1. The fourth-order valence-electron chi connectivity index (χ4n) is 3.81. The standard InChI is InChI=1S/C24H33N3O3S/c1-6-26(17-18-11-7-8-12-20(18)25(2)3)13-9-10-14-27-24(28)19-15-21(29-4)22(30-5)16-23(19)31-27/h7-8,11-12,15-16H,6,9-10,13-14,17H2,1-5H3. The van der Waals surface area contributed by atoms with Gasteiger partial charge in [-0.3, -0.25) is 13.7 Å². The molecular formula is C24H33N3O3S. The lowest BCUT2D eigenvalue weighted by atomic mass is 10.1. The van der Waals surface area contributed by atoms with Crippen molar-refractivity contribution in [3.63, 3.8) is 0 Å². The number of anilines is 1. The van der Waals surface area contributed by atoms with Crippen LogP contribution in [-0.2, 0) is 13.1 Å². The topological polar surface area (TPSA) is 46.9 Å². The van der Waals surface area contributed by atoms with Gasteiger partial charge in [-0.25, -0.2) is 0 Å². The Morgan fingerprint density at radius 2 is 1.74 bits per heavy atom. The smallest absolute Gasteiger partial charge is 0.268 e. The number of para-hydroxylation sites is 1. The van der Waals surface area contributed by atoms with E-state index in [-0.39, 0.29) is 5.56 Å². The molecule has 7 heteroatoms. The molecule has 2 aromatic carbocycles. The van der Waals surface area contributed by atoms with Gasteiger partial charge in [0.25, 0.3) is 5.56 Å². The number of ether oxygens (including phenoxy) is 2. The molecular weight excluding hydrogens is 410 g/mol. The lowest BCUT2D eigenvalue weighted by molar-refractivity contribution is 0.272. The SMILES string of the molecule is CCN(CCCCn1sc2cc(OC)c(OC)cc2c1=O)Cc1ccccc1N(C)C. The van der Waals surface area contributed by atoms with Gasteiger partial charge in [0, 0.05) is 38.9 Å². The van der Waals surface area contributed by atoms with E-state index in [1.807, 2.05) is 10.0 Å². The molecule has 3 aromatic rings. The zero-order valence-electron chi connectivity index (χ0n) is 19.2. The van der Waals surface area contributed by atoms with Gasteiger partial charge in [0.1, 0.15) is 0 Å². The number of hydrogen-bond donors (Lipinski definition) is 0.